The molecular weight excluding hydrogens is 292 g/mol. The molecule has 0 spiro atoms. The summed E-state index contributed by atoms with van der Waals surface area (Å²) in [6.45, 7) is 1.92. The number of halogens is 1. The van der Waals surface area contributed by atoms with E-state index in [2.05, 4.69) is 26.2 Å². The molecule has 1 amide bonds. The summed E-state index contributed by atoms with van der Waals surface area (Å²) in [4.78, 5) is 16.5. The number of hydrogen-bond acceptors (Lipinski definition) is 2. The fourth-order valence-electron chi connectivity index (χ4n) is 2.38. The van der Waals surface area contributed by atoms with Gasteiger partial charge in [-0.25, -0.2) is 4.98 Å². The highest BCUT2D eigenvalue weighted by atomic mass is 79.9. The molecule has 3 nitrogen and oxygen atoms in total. The highest BCUT2D eigenvalue weighted by Gasteiger charge is 2.20. The normalized spacial score (nSPS) is 17.2. The molecule has 1 aromatic rings. The second kappa shape index (κ2) is 6.32. The number of pyridine rings is 1. The summed E-state index contributed by atoms with van der Waals surface area (Å²) in [5.74, 6) is 0.953. The van der Waals surface area contributed by atoms with Crippen LogP contribution in [-0.2, 0) is 4.79 Å². The number of nitrogens with zero attached hydrogens (tertiary/aromatic N) is 1. The molecule has 0 unspecified atom stereocenters. The number of anilines is 1. The van der Waals surface area contributed by atoms with Crippen molar-refractivity contribution in [3.05, 3.63) is 22.3 Å². The first-order valence-corrected chi connectivity index (χ1v) is 7.40. The maximum Gasteiger partial charge on any atom is 0.228 e. The zero-order chi connectivity index (χ0) is 13.0. The van der Waals surface area contributed by atoms with Crippen molar-refractivity contribution in [3.63, 3.8) is 0 Å². The third-order valence-electron chi connectivity index (χ3n) is 3.50. The van der Waals surface area contributed by atoms with Gasteiger partial charge in [-0.3, -0.25) is 4.79 Å². The van der Waals surface area contributed by atoms with E-state index in [0.29, 0.717) is 5.82 Å². The molecule has 1 aliphatic carbocycles. The molecule has 0 radical (unpaired) electrons. The minimum absolute atomic E-state index is 0.131. The molecule has 98 valence electrons. The maximum absolute atomic E-state index is 12.2. The molecule has 0 aromatic carbocycles. The molecule has 1 N–H and O–H groups in total. The van der Waals surface area contributed by atoms with E-state index in [4.69, 9.17) is 0 Å². The van der Waals surface area contributed by atoms with Crippen molar-refractivity contribution in [1.82, 2.24) is 4.98 Å². The monoisotopic (exact) mass is 310 g/mol. The van der Waals surface area contributed by atoms with Gasteiger partial charge >= 0.3 is 0 Å². The number of nitrogens with one attached hydrogen (secondary N) is 1. The van der Waals surface area contributed by atoms with Crippen molar-refractivity contribution in [3.8, 4) is 0 Å². The van der Waals surface area contributed by atoms with Crippen LogP contribution in [0, 0.1) is 12.8 Å². The van der Waals surface area contributed by atoms with Crippen molar-refractivity contribution in [2.24, 2.45) is 5.92 Å². The molecule has 1 aromatic heterocycles. The molecule has 0 atom stereocenters. The Kier molecular flexibility index (Phi) is 4.75. The standard InChI is InChI=1S/C14H19BrN2O/c1-10-12(15)8-9-13(16-10)17-14(18)11-6-4-2-3-5-7-11/h8-9,11H,2-7H2,1H3,(H,16,17,18). The first-order chi connectivity index (χ1) is 8.66. The maximum atomic E-state index is 12.2. The quantitative estimate of drug-likeness (QED) is 0.837. The molecule has 2 rings (SSSR count). The van der Waals surface area contributed by atoms with E-state index < -0.39 is 0 Å². The van der Waals surface area contributed by atoms with Gasteiger partial charge in [-0.1, -0.05) is 25.7 Å². The Morgan fingerprint density at radius 2 is 1.94 bits per heavy atom. The van der Waals surface area contributed by atoms with Crippen LogP contribution in [0.25, 0.3) is 0 Å². The number of hydrogen-bond donors (Lipinski definition) is 1. The summed E-state index contributed by atoms with van der Waals surface area (Å²) in [5, 5.41) is 2.94. The summed E-state index contributed by atoms with van der Waals surface area (Å²) in [5.41, 5.74) is 0.897. The van der Waals surface area contributed by atoms with Crippen LogP contribution in [-0.4, -0.2) is 10.9 Å². The Morgan fingerprint density at radius 1 is 1.28 bits per heavy atom. The summed E-state index contributed by atoms with van der Waals surface area (Å²) < 4.78 is 0.968. The summed E-state index contributed by atoms with van der Waals surface area (Å²) >= 11 is 3.41. The topological polar surface area (TPSA) is 42.0 Å². The Bertz CT molecular complexity index is 426. The zero-order valence-corrected chi connectivity index (χ0v) is 12.3. The van der Waals surface area contributed by atoms with Gasteiger partial charge in [0.15, 0.2) is 0 Å². The van der Waals surface area contributed by atoms with Gasteiger partial charge in [-0.2, -0.15) is 0 Å². The van der Waals surface area contributed by atoms with Crippen LogP contribution in [0.5, 0.6) is 0 Å². The van der Waals surface area contributed by atoms with Crippen LogP contribution in [0.1, 0.15) is 44.2 Å². The van der Waals surface area contributed by atoms with Crippen LogP contribution in [0.2, 0.25) is 0 Å². The largest absolute Gasteiger partial charge is 0.310 e. The summed E-state index contributed by atoms with van der Waals surface area (Å²) in [7, 11) is 0. The van der Waals surface area contributed by atoms with Crippen molar-refractivity contribution in [2.45, 2.75) is 45.4 Å². The molecule has 1 fully saturated rings. The average Bonchev–Trinajstić information content (AvgIpc) is 2.62. The Labute approximate surface area is 117 Å². The highest BCUT2D eigenvalue weighted by Crippen LogP contribution is 2.24. The van der Waals surface area contributed by atoms with E-state index in [1.807, 2.05) is 19.1 Å². The molecular formula is C14H19BrN2O. The van der Waals surface area contributed by atoms with E-state index >= 15 is 0 Å². The van der Waals surface area contributed by atoms with Gasteiger partial charge in [0.25, 0.3) is 0 Å². The van der Waals surface area contributed by atoms with Gasteiger partial charge in [0.1, 0.15) is 5.82 Å². The number of aryl methyl sites for hydroxylation is 1. The Hall–Kier alpha value is -0.900. The lowest BCUT2D eigenvalue weighted by Crippen LogP contribution is -2.23. The van der Waals surface area contributed by atoms with Crippen LogP contribution < -0.4 is 5.32 Å². The molecule has 4 heteroatoms. The van der Waals surface area contributed by atoms with E-state index in [-0.39, 0.29) is 11.8 Å². The van der Waals surface area contributed by atoms with Gasteiger partial charge in [0, 0.05) is 10.4 Å². The first kappa shape index (κ1) is 13.5. The third-order valence-corrected chi connectivity index (χ3v) is 4.34. The molecule has 0 aliphatic heterocycles. The van der Waals surface area contributed by atoms with Crippen molar-refractivity contribution >= 4 is 27.7 Å². The number of aromatic nitrogens is 1. The smallest absolute Gasteiger partial charge is 0.228 e. The molecule has 18 heavy (non-hydrogen) atoms. The number of carbonyl (C=O) groups is 1. The van der Waals surface area contributed by atoms with Gasteiger partial charge in [-0.15, -0.1) is 0 Å². The lowest BCUT2D eigenvalue weighted by atomic mass is 9.99. The number of carbonyl (C=O) groups excluding carboxylic acids is 1. The predicted octanol–water partition coefficient (Wildman–Crippen LogP) is 4.06. The highest BCUT2D eigenvalue weighted by molar-refractivity contribution is 9.10. The molecule has 0 bridgehead atoms. The van der Waals surface area contributed by atoms with E-state index in [1.54, 1.807) is 0 Å². The van der Waals surface area contributed by atoms with Crippen molar-refractivity contribution < 1.29 is 4.79 Å². The summed E-state index contributed by atoms with van der Waals surface area (Å²) in [6.07, 6.45) is 6.90. The number of amides is 1. The average molecular weight is 311 g/mol. The van der Waals surface area contributed by atoms with Crippen LogP contribution in [0.3, 0.4) is 0 Å². The number of rotatable bonds is 2. The van der Waals surface area contributed by atoms with Crippen LogP contribution in [0.15, 0.2) is 16.6 Å². The summed E-state index contributed by atoms with van der Waals surface area (Å²) in [6, 6.07) is 3.76. The minimum atomic E-state index is 0.131. The second-order valence-corrected chi connectivity index (χ2v) is 5.80. The fourth-order valence-corrected chi connectivity index (χ4v) is 2.60. The Morgan fingerprint density at radius 3 is 2.56 bits per heavy atom. The molecule has 1 heterocycles. The molecule has 1 saturated carbocycles. The van der Waals surface area contributed by atoms with Gasteiger partial charge < -0.3 is 5.32 Å². The first-order valence-electron chi connectivity index (χ1n) is 6.61. The van der Waals surface area contributed by atoms with E-state index in [0.717, 1.165) is 23.0 Å². The van der Waals surface area contributed by atoms with Crippen LogP contribution in [0.4, 0.5) is 5.82 Å². The zero-order valence-electron chi connectivity index (χ0n) is 10.7. The minimum Gasteiger partial charge on any atom is -0.310 e. The second-order valence-electron chi connectivity index (χ2n) is 4.94. The van der Waals surface area contributed by atoms with Crippen LogP contribution >= 0.6 is 15.9 Å². The third kappa shape index (κ3) is 3.55. The van der Waals surface area contributed by atoms with Gasteiger partial charge in [0.2, 0.25) is 5.91 Å². The SMILES string of the molecule is Cc1nc(NC(=O)C2CCCCCC2)ccc1Br. The lowest BCUT2D eigenvalue weighted by molar-refractivity contribution is -0.120. The fraction of sp³-hybridized carbons (Fsp3) is 0.571. The van der Waals surface area contributed by atoms with Gasteiger partial charge in [-0.05, 0) is 47.8 Å². The molecule has 0 saturated heterocycles. The van der Waals surface area contributed by atoms with Gasteiger partial charge in [0.05, 0.1) is 5.69 Å². The molecule has 1 aliphatic rings. The van der Waals surface area contributed by atoms with E-state index in [9.17, 15) is 4.79 Å². The lowest BCUT2D eigenvalue weighted by Gasteiger charge is -2.14. The van der Waals surface area contributed by atoms with E-state index in [1.165, 1.54) is 25.7 Å². The predicted molar refractivity (Wildman–Crippen MR) is 76.5 cm³/mol. The Balaban J connectivity index is 1.99. The van der Waals surface area contributed by atoms with Crippen molar-refractivity contribution in [2.75, 3.05) is 5.32 Å². The van der Waals surface area contributed by atoms with Crippen molar-refractivity contribution in [1.29, 1.82) is 0 Å².